The molecular weight excluding hydrogens is 223 g/mol. The first-order valence-corrected chi connectivity index (χ1v) is 5.61. The van der Waals surface area contributed by atoms with E-state index in [1.807, 2.05) is 4.90 Å². The van der Waals surface area contributed by atoms with Crippen LogP contribution in [0.3, 0.4) is 0 Å². The van der Waals surface area contributed by atoms with Gasteiger partial charge in [-0.1, -0.05) is 6.07 Å². The molecule has 1 saturated heterocycles. The van der Waals surface area contributed by atoms with Crippen molar-refractivity contribution >= 4 is 5.91 Å². The van der Waals surface area contributed by atoms with Crippen LogP contribution >= 0.6 is 0 Å². The van der Waals surface area contributed by atoms with E-state index >= 15 is 0 Å². The van der Waals surface area contributed by atoms with Crippen LogP contribution in [-0.4, -0.2) is 43.6 Å². The smallest absolute Gasteiger partial charge is 0.234 e. The van der Waals surface area contributed by atoms with Gasteiger partial charge < -0.3 is 10.1 Å². The van der Waals surface area contributed by atoms with Gasteiger partial charge >= 0.3 is 0 Å². The number of benzene rings is 1. The van der Waals surface area contributed by atoms with E-state index in [-0.39, 0.29) is 11.7 Å². The number of halogens is 1. The predicted molar refractivity (Wildman–Crippen MR) is 61.3 cm³/mol. The number of hydrogen-bond donors (Lipinski definition) is 1. The molecule has 0 atom stereocenters. The van der Waals surface area contributed by atoms with Crippen molar-refractivity contribution in [1.29, 1.82) is 0 Å². The molecule has 1 heterocycles. The summed E-state index contributed by atoms with van der Waals surface area (Å²) in [6, 6.07) is 6.05. The lowest BCUT2D eigenvalue weighted by molar-refractivity contribution is -0.124. The molecule has 1 aliphatic heterocycles. The third-order valence-corrected chi connectivity index (χ3v) is 2.59. The summed E-state index contributed by atoms with van der Waals surface area (Å²) >= 11 is 0. The van der Waals surface area contributed by atoms with Gasteiger partial charge in [-0.15, -0.1) is 0 Å². The molecule has 1 aromatic rings. The highest BCUT2D eigenvalue weighted by atomic mass is 19.1. The van der Waals surface area contributed by atoms with Crippen LogP contribution in [0.4, 0.5) is 4.39 Å². The third kappa shape index (κ3) is 3.71. The monoisotopic (exact) mass is 238 g/mol. The number of ether oxygens (including phenoxy) is 1. The van der Waals surface area contributed by atoms with E-state index in [0.717, 1.165) is 6.54 Å². The zero-order chi connectivity index (χ0) is 12.1. The maximum absolute atomic E-state index is 12.9. The van der Waals surface area contributed by atoms with E-state index < -0.39 is 0 Å². The van der Waals surface area contributed by atoms with Gasteiger partial charge in [0.2, 0.25) is 5.91 Å². The van der Waals surface area contributed by atoms with Crippen molar-refractivity contribution < 1.29 is 13.9 Å². The van der Waals surface area contributed by atoms with E-state index in [1.54, 1.807) is 12.1 Å². The minimum atomic E-state index is -0.306. The van der Waals surface area contributed by atoms with Crippen molar-refractivity contribution in [3.8, 4) is 5.75 Å². The number of nitrogens with zero attached hydrogens (tertiary/aromatic N) is 1. The van der Waals surface area contributed by atoms with Crippen molar-refractivity contribution in [2.45, 2.75) is 0 Å². The molecule has 0 radical (unpaired) electrons. The molecule has 2 rings (SSSR count). The summed E-state index contributed by atoms with van der Waals surface area (Å²) in [5.74, 6) is 0.258. The number of piperazine rings is 1. The first kappa shape index (κ1) is 11.9. The van der Waals surface area contributed by atoms with Crippen LogP contribution < -0.4 is 10.1 Å². The molecule has 1 amide bonds. The summed E-state index contributed by atoms with van der Waals surface area (Å²) in [6.07, 6.45) is 0. The predicted octanol–water partition coefficient (Wildman–Crippen LogP) is 0.636. The van der Waals surface area contributed by atoms with E-state index in [1.165, 1.54) is 12.1 Å². The molecule has 17 heavy (non-hydrogen) atoms. The molecule has 5 heteroatoms. The van der Waals surface area contributed by atoms with Crippen LogP contribution in [0.5, 0.6) is 5.75 Å². The van der Waals surface area contributed by atoms with E-state index in [2.05, 4.69) is 5.32 Å². The van der Waals surface area contributed by atoms with Gasteiger partial charge in [-0.3, -0.25) is 9.69 Å². The number of hydrogen-bond acceptors (Lipinski definition) is 3. The third-order valence-electron chi connectivity index (χ3n) is 2.59. The summed E-state index contributed by atoms with van der Waals surface area (Å²) in [5, 5.41) is 2.76. The standard InChI is InChI=1S/C12H15FN2O2/c13-10-2-1-3-11(8-10)17-7-6-15-5-4-14-12(16)9-15/h1-3,8H,4-7,9H2,(H,14,16). The first-order chi connectivity index (χ1) is 8.24. The highest BCUT2D eigenvalue weighted by Gasteiger charge is 2.15. The molecule has 0 aliphatic carbocycles. The van der Waals surface area contributed by atoms with Crippen LogP contribution in [0, 0.1) is 5.82 Å². The largest absolute Gasteiger partial charge is 0.492 e. The summed E-state index contributed by atoms with van der Waals surface area (Å²) in [4.78, 5) is 13.1. The van der Waals surface area contributed by atoms with Crippen LogP contribution in [0.1, 0.15) is 0 Å². The Morgan fingerprint density at radius 3 is 3.12 bits per heavy atom. The minimum absolute atomic E-state index is 0.0435. The van der Waals surface area contributed by atoms with Crippen LogP contribution in [0.2, 0.25) is 0 Å². The second-order valence-corrected chi connectivity index (χ2v) is 3.93. The summed E-state index contributed by atoms with van der Waals surface area (Å²) in [6.45, 7) is 3.05. The zero-order valence-corrected chi connectivity index (χ0v) is 9.49. The fourth-order valence-electron chi connectivity index (χ4n) is 1.73. The van der Waals surface area contributed by atoms with Gasteiger partial charge in [0.05, 0.1) is 6.54 Å². The quantitative estimate of drug-likeness (QED) is 0.836. The number of carbonyl (C=O) groups is 1. The molecule has 4 nitrogen and oxygen atoms in total. The van der Waals surface area contributed by atoms with E-state index in [0.29, 0.717) is 32.0 Å². The molecule has 0 saturated carbocycles. The minimum Gasteiger partial charge on any atom is -0.492 e. The molecule has 0 aromatic heterocycles. The van der Waals surface area contributed by atoms with Gasteiger partial charge in [0.1, 0.15) is 18.2 Å². The Labute approximate surface area is 99.4 Å². The van der Waals surface area contributed by atoms with Gasteiger partial charge in [-0.2, -0.15) is 0 Å². The Kier molecular flexibility index (Phi) is 3.93. The molecule has 1 aromatic carbocycles. The molecule has 0 unspecified atom stereocenters. The molecule has 1 aliphatic rings. The van der Waals surface area contributed by atoms with Crippen molar-refractivity contribution in [3.63, 3.8) is 0 Å². The molecule has 0 bridgehead atoms. The Morgan fingerprint density at radius 1 is 1.47 bits per heavy atom. The number of rotatable bonds is 4. The van der Waals surface area contributed by atoms with Gasteiger partial charge in [-0.25, -0.2) is 4.39 Å². The van der Waals surface area contributed by atoms with Crippen molar-refractivity contribution in [1.82, 2.24) is 10.2 Å². The summed E-state index contributed by atoms with van der Waals surface area (Å²) < 4.78 is 18.3. The van der Waals surface area contributed by atoms with Gasteiger partial charge in [0.15, 0.2) is 0 Å². The van der Waals surface area contributed by atoms with Crippen LogP contribution in [0.25, 0.3) is 0 Å². The number of amides is 1. The lowest BCUT2D eigenvalue weighted by Crippen LogP contribution is -2.48. The Balaban J connectivity index is 1.74. The maximum atomic E-state index is 12.9. The van der Waals surface area contributed by atoms with Crippen LogP contribution in [0.15, 0.2) is 24.3 Å². The topological polar surface area (TPSA) is 41.6 Å². The molecule has 0 spiro atoms. The Morgan fingerprint density at radius 2 is 2.35 bits per heavy atom. The molecule has 92 valence electrons. The molecule has 1 N–H and O–H groups in total. The zero-order valence-electron chi connectivity index (χ0n) is 9.49. The van der Waals surface area contributed by atoms with E-state index in [9.17, 15) is 9.18 Å². The lowest BCUT2D eigenvalue weighted by atomic mass is 10.3. The van der Waals surface area contributed by atoms with Crippen molar-refractivity contribution in [2.75, 3.05) is 32.8 Å². The number of carbonyl (C=O) groups excluding carboxylic acids is 1. The van der Waals surface area contributed by atoms with Crippen LogP contribution in [-0.2, 0) is 4.79 Å². The SMILES string of the molecule is O=C1CN(CCOc2cccc(F)c2)CCN1. The van der Waals surface area contributed by atoms with Gasteiger partial charge in [-0.05, 0) is 12.1 Å². The second kappa shape index (κ2) is 5.63. The first-order valence-electron chi connectivity index (χ1n) is 5.61. The van der Waals surface area contributed by atoms with E-state index in [4.69, 9.17) is 4.74 Å². The Bertz CT molecular complexity index is 398. The van der Waals surface area contributed by atoms with Gasteiger partial charge in [0, 0.05) is 25.7 Å². The highest BCUT2D eigenvalue weighted by Crippen LogP contribution is 2.11. The maximum Gasteiger partial charge on any atom is 0.234 e. The Hall–Kier alpha value is -1.62. The average molecular weight is 238 g/mol. The average Bonchev–Trinajstić information content (AvgIpc) is 2.29. The summed E-state index contributed by atoms with van der Waals surface area (Å²) in [5.41, 5.74) is 0. The molecular formula is C12H15FN2O2. The summed E-state index contributed by atoms with van der Waals surface area (Å²) in [7, 11) is 0. The van der Waals surface area contributed by atoms with Crippen molar-refractivity contribution in [2.24, 2.45) is 0 Å². The fourth-order valence-corrected chi connectivity index (χ4v) is 1.73. The number of nitrogens with one attached hydrogen (secondary N) is 1. The fraction of sp³-hybridized carbons (Fsp3) is 0.417. The lowest BCUT2D eigenvalue weighted by Gasteiger charge is -2.26. The van der Waals surface area contributed by atoms with Crippen molar-refractivity contribution in [3.05, 3.63) is 30.1 Å². The highest BCUT2D eigenvalue weighted by molar-refractivity contribution is 5.78. The normalized spacial score (nSPS) is 16.6. The second-order valence-electron chi connectivity index (χ2n) is 3.93. The van der Waals surface area contributed by atoms with Gasteiger partial charge in [0.25, 0.3) is 0 Å². The molecule has 1 fully saturated rings.